The average Bonchev–Trinajstić information content (AvgIpc) is 3.06. The van der Waals surface area contributed by atoms with Crippen molar-refractivity contribution in [3.05, 3.63) is 12.2 Å². The van der Waals surface area contributed by atoms with E-state index >= 15 is 0 Å². The summed E-state index contributed by atoms with van der Waals surface area (Å²) in [4.78, 5) is 0. The Bertz CT molecular complexity index is 397. The fraction of sp³-hybridized carbons (Fsp3) is 0.846. The van der Waals surface area contributed by atoms with Gasteiger partial charge in [-0.25, -0.2) is 0 Å². The summed E-state index contributed by atoms with van der Waals surface area (Å²) in [5, 5.41) is 11.4. The third-order valence-electron chi connectivity index (χ3n) is 4.31. The molecule has 18 heavy (non-hydrogen) atoms. The molecule has 5 heteroatoms. The standard InChI is InChI=1S/C13H22N4O/c1-17-10-15-16-12(17)9-14-8-11-4-7-13(18-11)5-2-3-6-13/h10-11,14H,2-9H2,1H3. The summed E-state index contributed by atoms with van der Waals surface area (Å²) in [7, 11) is 1.97. The van der Waals surface area contributed by atoms with Crippen molar-refractivity contribution < 1.29 is 4.74 Å². The molecule has 1 saturated heterocycles. The molecule has 5 nitrogen and oxygen atoms in total. The number of rotatable bonds is 4. The molecule has 0 radical (unpaired) electrons. The first-order valence-corrected chi connectivity index (χ1v) is 6.99. The van der Waals surface area contributed by atoms with Crippen molar-refractivity contribution in [1.82, 2.24) is 20.1 Å². The van der Waals surface area contributed by atoms with Crippen LogP contribution in [-0.2, 0) is 18.3 Å². The van der Waals surface area contributed by atoms with E-state index in [1.165, 1.54) is 38.5 Å². The molecule has 0 bridgehead atoms. The van der Waals surface area contributed by atoms with Crippen LogP contribution in [0.5, 0.6) is 0 Å². The molecule has 1 unspecified atom stereocenters. The molecule has 1 atom stereocenters. The Morgan fingerprint density at radius 1 is 1.44 bits per heavy atom. The van der Waals surface area contributed by atoms with Crippen LogP contribution in [0.25, 0.3) is 0 Å². The van der Waals surface area contributed by atoms with Crippen LogP contribution in [0.1, 0.15) is 44.3 Å². The molecule has 100 valence electrons. The highest BCUT2D eigenvalue weighted by molar-refractivity contribution is 4.93. The second-order valence-electron chi connectivity index (χ2n) is 5.66. The first-order chi connectivity index (χ1) is 8.77. The molecular formula is C13H22N4O. The van der Waals surface area contributed by atoms with Gasteiger partial charge in [0.15, 0.2) is 0 Å². The number of hydrogen-bond acceptors (Lipinski definition) is 4. The molecule has 3 rings (SSSR count). The van der Waals surface area contributed by atoms with Crippen LogP contribution >= 0.6 is 0 Å². The van der Waals surface area contributed by atoms with Crippen LogP contribution in [0.2, 0.25) is 0 Å². The third kappa shape index (κ3) is 2.42. The van der Waals surface area contributed by atoms with Crippen LogP contribution in [0, 0.1) is 0 Å². The van der Waals surface area contributed by atoms with Crippen LogP contribution in [0.4, 0.5) is 0 Å². The highest BCUT2D eigenvalue weighted by atomic mass is 16.5. The Morgan fingerprint density at radius 3 is 3.00 bits per heavy atom. The van der Waals surface area contributed by atoms with Gasteiger partial charge in [-0.3, -0.25) is 0 Å². The predicted octanol–water partition coefficient (Wildman–Crippen LogP) is 1.40. The molecule has 0 amide bonds. The summed E-state index contributed by atoms with van der Waals surface area (Å²) in [6, 6.07) is 0. The summed E-state index contributed by atoms with van der Waals surface area (Å²) >= 11 is 0. The summed E-state index contributed by atoms with van der Waals surface area (Å²) < 4.78 is 8.20. The van der Waals surface area contributed by atoms with Gasteiger partial charge in [-0.15, -0.1) is 10.2 Å². The second kappa shape index (κ2) is 4.97. The zero-order chi connectivity index (χ0) is 12.4. The van der Waals surface area contributed by atoms with E-state index in [0.717, 1.165) is 18.9 Å². The number of aromatic nitrogens is 3. The first kappa shape index (κ1) is 12.1. The van der Waals surface area contributed by atoms with E-state index in [4.69, 9.17) is 4.74 Å². The minimum Gasteiger partial charge on any atom is -0.370 e. The number of nitrogens with one attached hydrogen (secondary N) is 1. The van der Waals surface area contributed by atoms with Crippen molar-refractivity contribution >= 4 is 0 Å². The molecule has 1 aromatic heterocycles. The van der Waals surface area contributed by atoms with Gasteiger partial charge in [0.05, 0.1) is 18.2 Å². The Balaban J connectivity index is 1.43. The van der Waals surface area contributed by atoms with Gasteiger partial charge in [-0.05, 0) is 25.7 Å². The molecular weight excluding hydrogens is 228 g/mol. The molecule has 1 aliphatic carbocycles. The molecule has 2 fully saturated rings. The lowest BCUT2D eigenvalue weighted by Gasteiger charge is -2.23. The fourth-order valence-electron chi connectivity index (χ4n) is 3.24. The number of aryl methyl sites for hydroxylation is 1. The first-order valence-electron chi connectivity index (χ1n) is 6.99. The average molecular weight is 250 g/mol. The van der Waals surface area contributed by atoms with Crippen molar-refractivity contribution in [3.8, 4) is 0 Å². The minimum absolute atomic E-state index is 0.247. The van der Waals surface area contributed by atoms with E-state index in [1.807, 2.05) is 11.6 Å². The maximum absolute atomic E-state index is 6.25. The van der Waals surface area contributed by atoms with Crippen molar-refractivity contribution in [2.45, 2.75) is 56.8 Å². The Morgan fingerprint density at radius 2 is 2.28 bits per heavy atom. The van der Waals surface area contributed by atoms with Crippen LogP contribution < -0.4 is 5.32 Å². The SMILES string of the molecule is Cn1cnnc1CNCC1CCC2(CCCC2)O1. The van der Waals surface area contributed by atoms with E-state index in [-0.39, 0.29) is 5.60 Å². The van der Waals surface area contributed by atoms with E-state index in [1.54, 1.807) is 6.33 Å². The maximum Gasteiger partial charge on any atom is 0.146 e. The van der Waals surface area contributed by atoms with E-state index < -0.39 is 0 Å². The second-order valence-corrected chi connectivity index (χ2v) is 5.66. The molecule has 1 aromatic rings. The molecule has 1 N–H and O–H groups in total. The number of ether oxygens (including phenoxy) is 1. The zero-order valence-electron chi connectivity index (χ0n) is 11.1. The number of hydrogen-bond donors (Lipinski definition) is 1. The Hall–Kier alpha value is -0.940. The summed E-state index contributed by atoms with van der Waals surface area (Å²) in [5.74, 6) is 0.976. The maximum atomic E-state index is 6.25. The summed E-state index contributed by atoms with van der Waals surface area (Å²) in [5.41, 5.74) is 0.247. The summed E-state index contributed by atoms with van der Waals surface area (Å²) in [6.45, 7) is 1.69. The zero-order valence-corrected chi connectivity index (χ0v) is 11.1. The molecule has 1 aliphatic heterocycles. The van der Waals surface area contributed by atoms with E-state index in [0.29, 0.717) is 6.10 Å². The lowest BCUT2D eigenvalue weighted by molar-refractivity contribution is -0.0352. The molecule has 2 aliphatic rings. The van der Waals surface area contributed by atoms with Crippen LogP contribution in [-0.4, -0.2) is 33.0 Å². The predicted molar refractivity (Wildman–Crippen MR) is 68.0 cm³/mol. The Kier molecular flexibility index (Phi) is 3.35. The molecule has 0 aromatic carbocycles. The number of nitrogens with zero attached hydrogens (tertiary/aromatic N) is 3. The van der Waals surface area contributed by atoms with Gasteiger partial charge in [0.25, 0.3) is 0 Å². The van der Waals surface area contributed by atoms with Gasteiger partial charge in [-0.1, -0.05) is 12.8 Å². The smallest absolute Gasteiger partial charge is 0.146 e. The highest BCUT2D eigenvalue weighted by Gasteiger charge is 2.41. The quantitative estimate of drug-likeness (QED) is 0.877. The fourth-order valence-corrected chi connectivity index (χ4v) is 3.24. The topological polar surface area (TPSA) is 52.0 Å². The minimum atomic E-state index is 0.247. The van der Waals surface area contributed by atoms with Crippen LogP contribution in [0.3, 0.4) is 0 Å². The van der Waals surface area contributed by atoms with Crippen molar-refractivity contribution in [2.75, 3.05) is 6.54 Å². The monoisotopic (exact) mass is 250 g/mol. The molecule has 1 saturated carbocycles. The van der Waals surface area contributed by atoms with Crippen LogP contribution in [0.15, 0.2) is 6.33 Å². The van der Waals surface area contributed by atoms with Crippen molar-refractivity contribution in [1.29, 1.82) is 0 Å². The molecule has 1 spiro atoms. The highest BCUT2D eigenvalue weighted by Crippen LogP contribution is 2.43. The van der Waals surface area contributed by atoms with E-state index in [2.05, 4.69) is 15.5 Å². The third-order valence-corrected chi connectivity index (χ3v) is 4.31. The van der Waals surface area contributed by atoms with Gasteiger partial charge >= 0.3 is 0 Å². The van der Waals surface area contributed by atoms with Crippen molar-refractivity contribution in [2.24, 2.45) is 7.05 Å². The van der Waals surface area contributed by atoms with Gasteiger partial charge < -0.3 is 14.6 Å². The van der Waals surface area contributed by atoms with Gasteiger partial charge in [0.2, 0.25) is 0 Å². The van der Waals surface area contributed by atoms with Crippen molar-refractivity contribution in [3.63, 3.8) is 0 Å². The summed E-state index contributed by atoms with van der Waals surface area (Å²) in [6.07, 6.45) is 9.81. The van der Waals surface area contributed by atoms with Gasteiger partial charge in [-0.2, -0.15) is 0 Å². The lowest BCUT2D eigenvalue weighted by atomic mass is 9.98. The molecule has 2 heterocycles. The normalized spacial score (nSPS) is 26.2. The van der Waals surface area contributed by atoms with E-state index in [9.17, 15) is 0 Å². The lowest BCUT2D eigenvalue weighted by Crippen LogP contribution is -2.31. The van der Waals surface area contributed by atoms with Gasteiger partial charge in [0, 0.05) is 13.6 Å². The largest absolute Gasteiger partial charge is 0.370 e. The van der Waals surface area contributed by atoms with Gasteiger partial charge in [0.1, 0.15) is 12.2 Å². The Labute approximate surface area is 108 Å².